The predicted molar refractivity (Wildman–Crippen MR) is 148 cm³/mol. The van der Waals surface area contributed by atoms with Gasteiger partial charge in [0.2, 0.25) is 10.2 Å². The third-order valence-corrected chi connectivity index (χ3v) is 15.1. The molecule has 0 bridgehead atoms. The van der Waals surface area contributed by atoms with Gasteiger partial charge in [0.15, 0.2) is 0 Å². The van der Waals surface area contributed by atoms with Gasteiger partial charge >= 0.3 is 0 Å². The van der Waals surface area contributed by atoms with E-state index in [1.54, 1.807) is 0 Å². The van der Waals surface area contributed by atoms with Crippen molar-refractivity contribution in [3.8, 4) is 0 Å². The van der Waals surface area contributed by atoms with E-state index in [0.29, 0.717) is 57.0 Å². The summed E-state index contributed by atoms with van der Waals surface area (Å²) < 4.78 is 4.05. The maximum atomic E-state index is 12.8. The second-order valence-electron chi connectivity index (χ2n) is 4.63. The summed E-state index contributed by atoms with van der Waals surface area (Å²) >= 11 is 39.2. The Balaban J connectivity index is 2.34. The van der Waals surface area contributed by atoms with Gasteiger partial charge in [0.25, 0.3) is 0 Å². The van der Waals surface area contributed by atoms with Gasteiger partial charge in [-0.25, -0.2) is 0 Å². The van der Waals surface area contributed by atoms with Crippen LogP contribution in [0.1, 0.15) is 20.7 Å². The van der Waals surface area contributed by atoms with E-state index in [-0.39, 0.29) is 10.2 Å². The van der Waals surface area contributed by atoms with Crippen LogP contribution in [0.4, 0.5) is 0 Å². The van der Waals surface area contributed by atoms with E-state index in [4.69, 9.17) is 23.2 Å². The normalized spacial score (nSPS) is 11.1. The van der Waals surface area contributed by atoms with Crippen LogP contribution < -0.4 is 0 Å². The maximum Gasteiger partial charge on any atom is 0.232 e. The maximum absolute atomic E-state index is 12.8. The Morgan fingerprint density at radius 2 is 0.714 bits per heavy atom. The lowest BCUT2D eigenvalue weighted by Gasteiger charge is -2.13. The Labute approximate surface area is 245 Å². The van der Waals surface area contributed by atoms with E-state index >= 15 is 0 Å². The molecule has 14 heteroatoms. The van der Waals surface area contributed by atoms with Crippen LogP contribution >= 0.6 is 172 Å². The summed E-state index contributed by atoms with van der Waals surface area (Å²) in [4.78, 5) is 25.6. The smallest absolute Gasteiger partial charge is 0.232 e. The van der Waals surface area contributed by atoms with Gasteiger partial charge in [-0.2, -0.15) is 0 Å². The first kappa shape index (κ1) is 27.1. The summed E-state index contributed by atoms with van der Waals surface area (Å²) in [6, 6.07) is 0. The van der Waals surface area contributed by atoms with Gasteiger partial charge in [-0.05, 0) is 149 Å². The summed E-state index contributed by atoms with van der Waals surface area (Å²) in [6.07, 6.45) is 0. The van der Waals surface area contributed by atoms with Gasteiger partial charge in [-0.15, -0.1) is 0 Å². The zero-order valence-electron chi connectivity index (χ0n) is 12.4. The molecule has 150 valence electrons. The largest absolute Gasteiger partial charge is 0.281 e. The number of halogens is 10. The van der Waals surface area contributed by atoms with Crippen LogP contribution in [0.5, 0.6) is 0 Å². The quantitative estimate of drug-likeness (QED) is 0.171. The molecule has 28 heavy (non-hydrogen) atoms. The number of carbonyl (C=O) groups is 2. The van der Waals surface area contributed by atoms with Gasteiger partial charge in [-0.1, -0.05) is 23.2 Å². The SMILES string of the molecule is O=C(SSC(=O)c1c(Br)c(Br)c(Cl)c(Br)c1Br)c1c(Br)c(Br)c(Cl)c(Br)c1Br. The van der Waals surface area contributed by atoms with Crippen molar-refractivity contribution in [1.29, 1.82) is 0 Å². The molecule has 2 nitrogen and oxygen atoms in total. The van der Waals surface area contributed by atoms with Crippen LogP contribution in [-0.4, -0.2) is 10.2 Å². The molecule has 2 aromatic carbocycles. The molecule has 0 spiro atoms. The number of hydrogen-bond donors (Lipinski definition) is 0. The van der Waals surface area contributed by atoms with Crippen LogP contribution in [0.15, 0.2) is 35.8 Å². The van der Waals surface area contributed by atoms with Crippen LogP contribution in [0.25, 0.3) is 0 Å². The van der Waals surface area contributed by atoms with Crippen LogP contribution in [0, 0.1) is 0 Å². The number of carbonyl (C=O) groups excluding carboxylic acids is 2. The number of benzene rings is 2. The van der Waals surface area contributed by atoms with Crippen molar-refractivity contribution in [2.24, 2.45) is 0 Å². The van der Waals surface area contributed by atoms with E-state index < -0.39 is 0 Å². The highest BCUT2D eigenvalue weighted by atomic mass is 79.9. The first-order valence-corrected chi connectivity index (χ1v) is 15.6. The molecule has 2 rings (SSSR count). The Kier molecular flexibility index (Phi) is 11.0. The van der Waals surface area contributed by atoms with Crippen LogP contribution in [0.2, 0.25) is 10.0 Å². The molecule has 0 saturated carbocycles. The highest BCUT2D eigenvalue weighted by Gasteiger charge is 2.27. The Hall–Kier alpha value is 2.90. The minimum absolute atomic E-state index is 0.338. The topological polar surface area (TPSA) is 34.1 Å². The summed E-state index contributed by atoms with van der Waals surface area (Å²) in [5, 5.41) is 0.143. The first-order chi connectivity index (χ1) is 12.9. The molecule has 2 aromatic rings. The van der Waals surface area contributed by atoms with E-state index in [0.717, 1.165) is 21.6 Å². The molecule has 0 atom stereocenters. The fourth-order valence-corrected chi connectivity index (χ4v) is 9.72. The second kappa shape index (κ2) is 11.4. The van der Waals surface area contributed by atoms with Gasteiger partial charge in [0.05, 0.1) is 39.1 Å². The summed E-state index contributed by atoms with van der Waals surface area (Å²) in [7, 11) is 1.59. The van der Waals surface area contributed by atoms with Gasteiger partial charge in [-0.3, -0.25) is 9.59 Å². The van der Waals surface area contributed by atoms with E-state index in [2.05, 4.69) is 127 Å². The summed E-state index contributed by atoms with van der Waals surface area (Å²) in [5.74, 6) is 0. The van der Waals surface area contributed by atoms with Crippen molar-refractivity contribution < 1.29 is 9.59 Å². The molecule has 0 radical (unpaired) electrons. The molecule has 0 amide bonds. The fourth-order valence-electron chi connectivity index (χ4n) is 1.73. The first-order valence-electron chi connectivity index (χ1n) is 6.37. The van der Waals surface area contributed by atoms with Gasteiger partial charge < -0.3 is 0 Å². The zero-order valence-corrected chi connectivity index (χ0v) is 28.2. The van der Waals surface area contributed by atoms with Crippen molar-refractivity contribution in [1.82, 2.24) is 0 Å². The van der Waals surface area contributed by atoms with Crippen molar-refractivity contribution in [2.45, 2.75) is 0 Å². The average molecular weight is 974 g/mol. The summed E-state index contributed by atoms with van der Waals surface area (Å²) in [6.45, 7) is 0. The van der Waals surface area contributed by atoms with Crippen molar-refractivity contribution in [2.75, 3.05) is 0 Å². The summed E-state index contributed by atoms with van der Waals surface area (Å²) in [5.41, 5.74) is 0.676. The molecule has 0 aromatic heterocycles. The second-order valence-corrected chi connectivity index (χ2v) is 13.8. The van der Waals surface area contributed by atoms with Gasteiger partial charge in [0.1, 0.15) is 0 Å². The highest BCUT2D eigenvalue weighted by molar-refractivity contribution is 9.14. The number of hydrogen-bond acceptors (Lipinski definition) is 4. The minimum atomic E-state index is -0.338. The van der Waals surface area contributed by atoms with E-state index in [1.165, 1.54) is 0 Å². The minimum Gasteiger partial charge on any atom is -0.281 e. The molecule has 0 fully saturated rings. The predicted octanol–water partition coefficient (Wildman–Crippen LogP) is 11.5. The lowest BCUT2D eigenvalue weighted by Crippen LogP contribution is -2.01. The standard InChI is InChI=1S/C14Br8Cl2O2S2/c15-3-1(4(16)8(20)11(23)7(3)19)13(25)27-28-14(26)2-5(17)9(21)12(24)10(22)6(2)18. The van der Waals surface area contributed by atoms with Crippen molar-refractivity contribution in [3.05, 3.63) is 57.0 Å². The van der Waals surface area contributed by atoms with Gasteiger partial charge in [0, 0.05) is 17.9 Å². The lowest BCUT2D eigenvalue weighted by atomic mass is 10.2. The molecule has 0 heterocycles. The lowest BCUT2D eigenvalue weighted by molar-refractivity contribution is 0.107. The Morgan fingerprint density at radius 1 is 0.500 bits per heavy atom. The molecule has 0 unspecified atom stereocenters. The molecular formula is C14Br8Cl2O2S2. The fraction of sp³-hybridized carbons (Fsp3) is 0. The molecule has 0 aliphatic heterocycles. The monoisotopic (exact) mass is 965 g/mol. The van der Waals surface area contributed by atoms with Crippen LogP contribution in [0.3, 0.4) is 0 Å². The molecule has 0 aliphatic carbocycles. The van der Waals surface area contributed by atoms with E-state index in [1.807, 2.05) is 0 Å². The third kappa shape index (κ3) is 5.51. The van der Waals surface area contributed by atoms with E-state index in [9.17, 15) is 9.59 Å². The number of rotatable bonds is 2. The molecular weight excluding hydrogens is 974 g/mol. The zero-order chi connectivity index (χ0) is 21.5. The average Bonchev–Trinajstić information content (AvgIpc) is 2.66. The van der Waals surface area contributed by atoms with Crippen molar-refractivity contribution >= 4 is 182 Å². The third-order valence-electron chi connectivity index (χ3n) is 3.02. The van der Waals surface area contributed by atoms with Crippen molar-refractivity contribution in [3.63, 3.8) is 0 Å². The molecule has 0 N–H and O–H groups in total. The molecule has 0 saturated heterocycles. The molecule has 0 aliphatic rings. The Bertz CT molecular complexity index is 892. The highest BCUT2D eigenvalue weighted by Crippen LogP contribution is 2.49. The Morgan fingerprint density at radius 3 is 0.929 bits per heavy atom. The van der Waals surface area contributed by atoms with Crippen LogP contribution in [-0.2, 0) is 0 Å².